The standard InChI is InChI=1S/C17H20N4/c1-12(2)18-11-14-10-17(21-9-8-13(3)20-21)15-6-4-5-7-16(15)19-14/h4-10,12,18H,11H2,1-3H3. The van der Waals surface area contributed by atoms with Crippen molar-refractivity contribution >= 4 is 10.9 Å². The molecule has 21 heavy (non-hydrogen) atoms. The summed E-state index contributed by atoms with van der Waals surface area (Å²) < 4.78 is 1.93. The van der Waals surface area contributed by atoms with Crippen molar-refractivity contribution in [2.24, 2.45) is 0 Å². The average molecular weight is 280 g/mol. The maximum Gasteiger partial charge on any atom is 0.0758 e. The SMILES string of the molecule is Cc1ccn(-c2cc(CNC(C)C)nc3ccccc23)n1. The van der Waals surface area contributed by atoms with Gasteiger partial charge in [-0.1, -0.05) is 32.0 Å². The highest BCUT2D eigenvalue weighted by molar-refractivity contribution is 5.87. The second-order valence-corrected chi connectivity index (χ2v) is 5.59. The van der Waals surface area contributed by atoms with Crippen LogP contribution < -0.4 is 5.32 Å². The molecule has 0 atom stereocenters. The Bertz CT molecular complexity index is 758. The highest BCUT2D eigenvalue weighted by atomic mass is 15.3. The molecule has 4 nitrogen and oxygen atoms in total. The van der Waals surface area contributed by atoms with E-state index in [0.29, 0.717) is 6.04 Å². The number of hydrogen-bond donors (Lipinski definition) is 1. The number of rotatable bonds is 4. The van der Waals surface area contributed by atoms with E-state index in [1.54, 1.807) is 0 Å². The van der Waals surface area contributed by atoms with E-state index in [2.05, 4.69) is 36.4 Å². The van der Waals surface area contributed by atoms with E-state index in [9.17, 15) is 0 Å². The molecular weight excluding hydrogens is 260 g/mol. The fraction of sp³-hybridized carbons (Fsp3) is 0.294. The van der Waals surface area contributed by atoms with Crippen molar-refractivity contribution < 1.29 is 0 Å². The third-order valence-corrected chi connectivity index (χ3v) is 3.41. The summed E-state index contributed by atoms with van der Waals surface area (Å²) in [5, 5.41) is 9.07. The number of benzene rings is 1. The molecule has 3 rings (SSSR count). The summed E-state index contributed by atoms with van der Waals surface area (Å²) in [6.45, 7) is 7.04. The van der Waals surface area contributed by atoms with Gasteiger partial charge >= 0.3 is 0 Å². The summed E-state index contributed by atoms with van der Waals surface area (Å²) >= 11 is 0. The van der Waals surface area contributed by atoms with Crippen LogP contribution in [0.15, 0.2) is 42.6 Å². The fourth-order valence-electron chi connectivity index (χ4n) is 2.35. The normalized spacial score (nSPS) is 11.4. The van der Waals surface area contributed by atoms with Gasteiger partial charge in [0.25, 0.3) is 0 Å². The Morgan fingerprint density at radius 2 is 2.00 bits per heavy atom. The Morgan fingerprint density at radius 3 is 2.71 bits per heavy atom. The molecule has 0 spiro atoms. The van der Waals surface area contributed by atoms with Crippen molar-refractivity contribution in [2.75, 3.05) is 0 Å². The van der Waals surface area contributed by atoms with Gasteiger partial charge in [0.15, 0.2) is 0 Å². The molecule has 2 heterocycles. The van der Waals surface area contributed by atoms with Crippen LogP contribution in [0.25, 0.3) is 16.6 Å². The Kier molecular flexibility index (Phi) is 3.71. The third-order valence-electron chi connectivity index (χ3n) is 3.41. The quantitative estimate of drug-likeness (QED) is 0.798. The number of pyridine rings is 1. The van der Waals surface area contributed by atoms with Crippen LogP contribution in [0.2, 0.25) is 0 Å². The fourth-order valence-corrected chi connectivity index (χ4v) is 2.35. The van der Waals surface area contributed by atoms with Gasteiger partial charge in [-0.05, 0) is 25.1 Å². The number of aromatic nitrogens is 3. The highest BCUT2D eigenvalue weighted by Crippen LogP contribution is 2.22. The first-order valence-electron chi connectivity index (χ1n) is 7.28. The molecule has 2 aromatic heterocycles. The molecule has 4 heteroatoms. The molecule has 3 aromatic rings. The molecule has 0 aliphatic carbocycles. The summed E-state index contributed by atoms with van der Waals surface area (Å²) in [7, 11) is 0. The van der Waals surface area contributed by atoms with Gasteiger partial charge in [-0.2, -0.15) is 5.10 Å². The van der Waals surface area contributed by atoms with E-state index in [-0.39, 0.29) is 0 Å². The highest BCUT2D eigenvalue weighted by Gasteiger charge is 2.08. The van der Waals surface area contributed by atoms with Gasteiger partial charge in [-0.15, -0.1) is 0 Å². The Morgan fingerprint density at radius 1 is 1.19 bits per heavy atom. The van der Waals surface area contributed by atoms with Gasteiger partial charge in [0.1, 0.15) is 0 Å². The van der Waals surface area contributed by atoms with Crippen LogP contribution in [0.1, 0.15) is 25.2 Å². The smallest absolute Gasteiger partial charge is 0.0758 e. The van der Waals surface area contributed by atoms with Gasteiger partial charge in [0.05, 0.1) is 22.6 Å². The lowest BCUT2D eigenvalue weighted by atomic mass is 10.1. The van der Waals surface area contributed by atoms with Crippen LogP contribution in [0, 0.1) is 6.92 Å². The number of fused-ring (bicyclic) bond motifs is 1. The first kappa shape index (κ1) is 13.8. The predicted molar refractivity (Wildman–Crippen MR) is 85.6 cm³/mol. The minimum atomic E-state index is 0.439. The zero-order valence-corrected chi connectivity index (χ0v) is 12.7. The molecule has 0 fully saturated rings. The zero-order valence-electron chi connectivity index (χ0n) is 12.7. The first-order valence-corrected chi connectivity index (χ1v) is 7.28. The molecule has 0 unspecified atom stereocenters. The van der Waals surface area contributed by atoms with Crippen molar-refractivity contribution in [1.82, 2.24) is 20.1 Å². The molecule has 1 N–H and O–H groups in total. The Labute approximate surface area is 124 Å². The van der Waals surface area contributed by atoms with Gasteiger partial charge in [0, 0.05) is 24.2 Å². The number of hydrogen-bond acceptors (Lipinski definition) is 3. The van der Waals surface area contributed by atoms with Crippen LogP contribution in [0.4, 0.5) is 0 Å². The molecule has 0 amide bonds. The van der Waals surface area contributed by atoms with E-state index < -0.39 is 0 Å². The number of nitrogens with zero attached hydrogens (tertiary/aromatic N) is 3. The topological polar surface area (TPSA) is 42.7 Å². The van der Waals surface area contributed by atoms with E-state index in [4.69, 9.17) is 4.98 Å². The summed E-state index contributed by atoms with van der Waals surface area (Å²) in [6.07, 6.45) is 2.00. The molecule has 0 aliphatic heterocycles. The van der Waals surface area contributed by atoms with Crippen LogP contribution in [-0.4, -0.2) is 20.8 Å². The predicted octanol–water partition coefficient (Wildman–Crippen LogP) is 3.23. The van der Waals surface area contributed by atoms with E-state index >= 15 is 0 Å². The molecule has 0 aliphatic rings. The second kappa shape index (κ2) is 5.66. The zero-order chi connectivity index (χ0) is 14.8. The maximum absolute atomic E-state index is 4.74. The minimum Gasteiger partial charge on any atom is -0.309 e. The van der Waals surface area contributed by atoms with E-state index in [1.165, 1.54) is 0 Å². The first-order chi connectivity index (χ1) is 10.1. The second-order valence-electron chi connectivity index (χ2n) is 5.59. The summed E-state index contributed by atoms with van der Waals surface area (Å²) in [5.74, 6) is 0. The summed E-state index contributed by atoms with van der Waals surface area (Å²) in [6, 6.07) is 12.8. The lowest BCUT2D eigenvalue weighted by Crippen LogP contribution is -2.22. The van der Waals surface area contributed by atoms with Crippen molar-refractivity contribution in [2.45, 2.75) is 33.4 Å². The van der Waals surface area contributed by atoms with Crippen molar-refractivity contribution in [3.8, 4) is 5.69 Å². The average Bonchev–Trinajstić information content (AvgIpc) is 2.90. The monoisotopic (exact) mass is 280 g/mol. The Hall–Kier alpha value is -2.20. The largest absolute Gasteiger partial charge is 0.309 e. The maximum atomic E-state index is 4.74. The van der Waals surface area contributed by atoms with Gasteiger partial charge in [0.2, 0.25) is 0 Å². The third kappa shape index (κ3) is 2.95. The van der Waals surface area contributed by atoms with Crippen LogP contribution in [0.5, 0.6) is 0 Å². The van der Waals surface area contributed by atoms with E-state index in [0.717, 1.165) is 34.5 Å². The van der Waals surface area contributed by atoms with Gasteiger partial charge in [-0.25, -0.2) is 4.68 Å². The van der Waals surface area contributed by atoms with Crippen LogP contribution >= 0.6 is 0 Å². The summed E-state index contributed by atoms with van der Waals surface area (Å²) in [4.78, 5) is 4.74. The molecule has 0 radical (unpaired) electrons. The molecule has 0 saturated carbocycles. The lowest BCUT2D eigenvalue weighted by Gasteiger charge is -2.12. The molecule has 1 aromatic carbocycles. The molecular formula is C17H20N4. The van der Waals surface area contributed by atoms with E-state index in [1.807, 2.05) is 42.1 Å². The van der Waals surface area contributed by atoms with Gasteiger partial charge < -0.3 is 5.32 Å². The molecule has 0 bridgehead atoms. The van der Waals surface area contributed by atoms with Crippen molar-refractivity contribution in [1.29, 1.82) is 0 Å². The summed E-state index contributed by atoms with van der Waals surface area (Å²) in [5.41, 5.74) is 4.13. The minimum absolute atomic E-state index is 0.439. The molecule has 0 saturated heterocycles. The number of nitrogens with one attached hydrogen (secondary N) is 1. The van der Waals surface area contributed by atoms with Crippen molar-refractivity contribution in [3.05, 3.63) is 54.0 Å². The van der Waals surface area contributed by atoms with Crippen molar-refractivity contribution in [3.63, 3.8) is 0 Å². The van der Waals surface area contributed by atoms with Crippen LogP contribution in [-0.2, 0) is 6.54 Å². The number of para-hydroxylation sites is 1. The van der Waals surface area contributed by atoms with Gasteiger partial charge in [-0.3, -0.25) is 4.98 Å². The lowest BCUT2D eigenvalue weighted by molar-refractivity contribution is 0.582. The molecule has 108 valence electrons. The number of aryl methyl sites for hydroxylation is 1. The Balaban J connectivity index is 2.11. The van der Waals surface area contributed by atoms with Crippen LogP contribution in [0.3, 0.4) is 0 Å².